The van der Waals surface area contributed by atoms with Crippen LogP contribution in [0.25, 0.3) is 0 Å². The van der Waals surface area contributed by atoms with Gasteiger partial charge in [-0.25, -0.2) is 4.98 Å². The number of thiazole rings is 1. The number of carbonyl (C=O) groups is 2. The summed E-state index contributed by atoms with van der Waals surface area (Å²) in [5.74, 6) is -0.453. The topological polar surface area (TPSA) is 97.6 Å². The van der Waals surface area contributed by atoms with Gasteiger partial charge in [-0.05, 0) is 6.92 Å². The molecule has 1 atom stereocenters. The molecular weight excluding hydrogens is 316 g/mol. The van der Waals surface area contributed by atoms with E-state index in [9.17, 15) is 9.59 Å². The van der Waals surface area contributed by atoms with Crippen LogP contribution in [0.4, 0.5) is 0 Å². The van der Waals surface area contributed by atoms with Crippen LogP contribution in [0, 0.1) is 0 Å². The van der Waals surface area contributed by atoms with Gasteiger partial charge in [-0.3, -0.25) is 9.59 Å². The zero-order chi connectivity index (χ0) is 14.5. The number of morpholine rings is 1. The summed E-state index contributed by atoms with van der Waals surface area (Å²) < 4.78 is 5.19. The van der Waals surface area contributed by atoms with Gasteiger partial charge in [0.15, 0.2) is 0 Å². The summed E-state index contributed by atoms with van der Waals surface area (Å²) >= 11 is 1.33. The lowest BCUT2D eigenvalue weighted by Crippen LogP contribution is -2.50. The first-order chi connectivity index (χ1) is 9.61. The highest BCUT2D eigenvalue weighted by Crippen LogP contribution is 2.09. The Morgan fingerprint density at radius 2 is 2.19 bits per heavy atom. The van der Waals surface area contributed by atoms with E-state index in [1.54, 1.807) is 17.2 Å². The van der Waals surface area contributed by atoms with Crippen LogP contribution in [0.5, 0.6) is 0 Å². The molecule has 2 rings (SSSR count). The third kappa shape index (κ3) is 4.63. The Hall–Kier alpha value is -1.22. The molecule has 1 aliphatic rings. The third-order valence-electron chi connectivity index (χ3n) is 3.00. The van der Waals surface area contributed by atoms with Gasteiger partial charge in [-0.2, -0.15) is 0 Å². The predicted molar refractivity (Wildman–Crippen MR) is 81.6 cm³/mol. The SMILES string of the molecule is CC(NC(=O)c1csc(CN)n1)C(=O)N1CCOCC1.Cl. The minimum Gasteiger partial charge on any atom is -0.378 e. The van der Waals surface area contributed by atoms with Gasteiger partial charge in [0, 0.05) is 25.0 Å². The maximum Gasteiger partial charge on any atom is 0.271 e. The Balaban J connectivity index is 0.00000220. The number of nitrogens with one attached hydrogen (secondary N) is 1. The van der Waals surface area contributed by atoms with E-state index in [2.05, 4.69) is 10.3 Å². The lowest BCUT2D eigenvalue weighted by Gasteiger charge is -2.29. The molecule has 0 spiro atoms. The normalized spacial score (nSPS) is 16.0. The van der Waals surface area contributed by atoms with E-state index in [0.717, 1.165) is 0 Å². The van der Waals surface area contributed by atoms with E-state index in [0.29, 0.717) is 43.5 Å². The van der Waals surface area contributed by atoms with E-state index < -0.39 is 6.04 Å². The third-order valence-corrected chi connectivity index (χ3v) is 3.87. The quantitative estimate of drug-likeness (QED) is 0.807. The number of amides is 2. The van der Waals surface area contributed by atoms with Crippen molar-refractivity contribution in [1.29, 1.82) is 0 Å². The molecule has 0 aromatic carbocycles. The zero-order valence-electron chi connectivity index (χ0n) is 11.7. The van der Waals surface area contributed by atoms with E-state index in [1.165, 1.54) is 11.3 Å². The number of hydrogen-bond acceptors (Lipinski definition) is 6. The summed E-state index contributed by atoms with van der Waals surface area (Å²) in [4.78, 5) is 29.9. The average molecular weight is 335 g/mol. The molecule has 1 aliphatic heterocycles. The summed E-state index contributed by atoms with van der Waals surface area (Å²) in [5, 5.41) is 5.00. The molecule has 0 radical (unpaired) electrons. The second kappa shape index (κ2) is 8.28. The number of aromatic nitrogens is 1. The minimum absolute atomic E-state index is 0. The Morgan fingerprint density at radius 3 is 2.76 bits per heavy atom. The van der Waals surface area contributed by atoms with Crippen molar-refractivity contribution in [2.24, 2.45) is 5.73 Å². The van der Waals surface area contributed by atoms with Crippen LogP contribution < -0.4 is 11.1 Å². The van der Waals surface area contributed by atoms with E-state index in [4.69, 9.17) is 10.5 Å². The highest BCUT2D eigenvalue weighted by Gasteiger charge is 2.24. The van der Waals surface area contributed by atoms with Gasteiger partial charge in [0.05, 0.1) is 13.2 Å². The van der Waals surface area contributed by atoms with Gasteiger partial charge in [0.25, 0.3) is 5.91 Å². The summed E-state index contributed by atoms with van der Waals surface area (Å²) in [6.07, 6.45) is 0. The standard InChI is InChI=1S/C12H18N4O3S.ClH/c1-8(12(18)16-2-4-19-5-3-16)14-11(17)9-7-20-10(6-13)15-9;/h7-8H,2-6,13H2,1H3,(H,14,17);1H. The van der Waals surface area contributed by atoms with Crippen LogP contribution in [-0.2, 0) is 16.1 Å². The molecule has 1 saturated heterocycles. The molecule has 2 amide bonds. The summed E-state index contributed by atoms with van der Waals surface area (Å²) in [6.45, 7) is 4.18. The Kier molecular flexibility index (Phi) is 7.03. The molecule has 0 saturated carbocycles. The Bertz CT molecular complexity index is 491. The highest BCUT2D eigenvalue weighted by atomic mass is 35.5. The van der Waals surface area contributed by atoms with Crippen molar-refractivity contribution in [2.75, 3.05) is 26.3 Å². The fourth-order valence-corrected chi connectivity index (χ4v) is 2.55. The summed E-state index contributed by atoms with van der Waals surface area (Å²) in [5.41, 5.74) is 5.76. The van der Waals surface area contributed by atoms with Gasteiger partial charge in [-0.15, -0.1) is 23.7 Å². The van der Waals surface area contributed by atoms with E-state index in [1.807, 2.05) is 0 Å². The summed E-state index contributed by atoms with van der Waals surface area (Å²) in [7, 11) is 0. The van der Waals surface area contributed by atoms with Crippen LogP contribution in [0.3, 0.4) is 0 Å². The van der Waals surface area contributed by atoms with E-state index in [-0.39, 0.29) is 24.2 Å². The number of carbonyl (C=O) groups excluding carboxylic acids is 2. The Labute approximate surface area is 133 Å². The minimum atomic E-state index is -0.580. The molecule has 3 N–H and O–H groups in total. The number of rotatable bonds is 4. The number of nitrogens with two attached hydrogens (primary N) is 1. The fourth-order valence-electron chi connectivity index (χ4n) is 1.90. The number of ether oxygens (including phenoxy) is 1. The van der Waals surface area contributed by atoms with Crippen molar-refractivity contribution < 1.29 is 14.3 Å². The molecule has 0 bridgehead atoms. The molecule has 1 aromatic rings. The van der Waals surface area contributed by atoms with Crippen LogP contribution in [0.2, 0.25) is 0 Å². The monoisotopic (exact) mass is 334 g/mol. The fraction of sp³-hybridized carbons (Fsp3) is 0.583. The average Bonchev–Trinajstić information content (AvgIpc) is 2.96. The molecule has 1 aromatic heterocycles. The molecule has 118 valence electrons. The van der Waals surface area contributed by atoms with E-state index >= 15 is 0 Å². The first-order valence-electron chi connectivity index (χ1n) is 6.43. The first-order valence-corrected chi connectivity index (χ1v) is 7.31. The lowest BCUT2D eigenvalue weighted by atomic mass is 10.2. The van der Waals surface area contributed by atoms with Crippen molar-refractivity contribution in [3.8, 4) is 0 Å². The lowest BCUT2D eigenvalue weighted by molar-refractivity contribution is -0.136. The highest BCUT2D eigenvalue weighted by molar-refractivity contribution is 7.09. The van der Waals surface area contributed by atoms with Crippen molar-refractivity contribution in [2.45, 2.75) is 19.5 Å². The van der Waals surface area contributed by atoms with Gasteiger partial charge in [0.2, 0.25) is 5.91 Å². The molecule has 21 heavy (non-hydrogen) atoms. The van der Waals surface area contributed by atoms with Crippen LogP contribution in [0.1, 0.15) is 22.4 Å². The second-order valence-electron chi connectivity index (χ2n) is 4.46. The molecule has 1 fully saturated rings. The van der Waals surface area contributed by atoms with Crippen LogP contribution >= 0.6 is 23.7 Å². The van der Waals surface area contributed by atoms with Gasteiger partial charge < -0.3 is 20.7 Å². The van der Waals surface area contributed by atoms with Crippen LogP contribution in [-0.4, -0.2) is 54.0 Å². The number of halogens is 1. The van der Waals surface area contributed by atoms with Crippen molar-refractivity contribution in [1.82, 2.24) is 15.2 Å². The molecule has 1 unspecified atom stereocenters. The zero-order valence-corrected chi connectivity index (χ0v) is 13.3. The molecule has 0 aliphatic carbocycles. The molecular formula is C12H19ClN4O3S. The Morgan fingerprint density at radius 1 is 1.52 bits per heavy atom. The number of nitrogens with zero attached hydrogens (tertiary/aromatic N) is 2. The molecule has 9 heteroatoms. The molecule has 2 heterocycles. The second-order valence-corrected chi connectivity index (χ2v) is 5.41. The van der Waals surface area contributed by atoms with Crippen molar-refractivity contribution in [3.63, 3.8) is 0 Å². The van der Waals surface area contributed by atoms with Gasteiger partial charge >= 0.3 is 0 Å². The maximum atomic E-state index is 12.1. The predicted octanol–water partition coefficient (Wildman–Crippen LogP) is 0.000700. The number of hydrogen-bond donors (Lipinski definition) is 2. The largest absolute Gasteiger partial charge is 0.378 e. The van der Waals surface area contributed by atoms with Gasteiger partial charge in [-0.1, -0.05) is 0 Å². The van der Waals surface area contributed by atoms with Crippen molar-refractivity contribution in [3.05, 3.63) is 16.1 Å². The van der Waals surface area contributed by atoms with Crippen LogP contribution in [0.15, 0.2) is 5.38 Å². The van der Waals surface area contributed by atoms with Gasteiger partial charge in [0.1, 0.15) is 16.7 Å². The first kappa shape index (κ1) is 17.8. The maximum absolute atomic E-state index is 12.1. The smallest absolute Gasteiger partial charge is 0.271 e. The van der Waals surface area contributed by atoms with Crippen molar-refractivity contribution >= 4 is 35.6 Å². The summed E-state index contributed by atoms with van der Waals surface area (Å²) in [6, 6.07) is -0.580. The molecule has 7 nitrogen and oxygen atoms in total.